The van der Waals surface area contributed by atoms with Gasteiger partial charge in [0, 0.05) is 18.0 Å². The number of thiophene rings is 1. The normalized spacial score (nSPS) is 11.0. The molecule has 8 heteroatoms. The first-order chi connectivity index (χ1) is 13.0. The van der Waals surface area contributed by atoms with Crippen LogP contribution in [0.2, 0.25) is 0 Å². The molecule has 3 heterocycles. The predicted octanol–water partition coefficient (Wildman–Crippen LogP) is 2.81. The number of amides is 1. The molecule has 7 nitrogen and oxygen atoms in total. The molecule has 0 bridgehead atoms. The Hall–Kier alpha value is -3.26. The van der Waals surface area contributed by atoms with E-state index in [-0.39, 0.29) is 18.0 Å². The standard InChI is InChI=1S/C19H17N5O2S/c1-12-8-16(23(2)22-12)21-17(25)10-24-11-20-14-9-15(27-18(14)19(24)26)13-6-4-3-5-7-13/h3-9,11H,10H2,1-2H3,(H,21,25). The molecule has 0 aliphatic heterocycles. The largest absolute Gasteiger partial charge is 0.309 e. The van der Waals surface area contributed by atoms with Crippen LogP contribution in [0.5, 0.6) is 0 Å². The molecule has 1 aromatic carbocycles. The highest BCUT2D eigenvalue weighted by molar-refractivity contribution is 7.22. The smallest absolute Gasteiger partial charge is 0.271 e. The lowest BCUT2D eigenvalue weighted by Gasteiger charge is -2.07. The molecule has 0 saturated carbocycles. The van der Waals surface area contributed by atoms with Crippen molar-refractivity contribution >= 4 is 33.3 Å². The zero-order valence-corrected chi connectivity index (χ0v) is 15.7. The summed E-state index contributed by atoms with van der Waals surface area (Å²) in [4.78, 5) is 30.4. The average Bonchev–Trinajstić information content (AvgIpc) is 3.22. The Bertz CT molecular complexity index is 1190. The molecule has 0 spiro atoms. The van der Waals surface area contributed by atoms with Crippen LogP contribution in [0.15, 0.2) is 53.6 Å². The third-order valence-electron chi connectivity index (χ3n) is 4.15. The van der Waals surface area contributed by atoms with Gasteiger partial charge >= 0.3 is 0 Å². The van der Waals surface area contributed by atoms with Gasteiger partial charge in [-0.1, -0.05) is 30.3 Å². The molecule has 4 aromatic rings. The molecule has 1 amide bonds. The van der Waals surface area contributed by atoms with Crippen LogP contribution in [-0.4, -0.2) is 25.2 Å². The first kappa shape index (κ1) is 17.2. The van der Waals surface area contributed by atoms with Gasteiger partial charge in [0.25, 0.3) is 5.56 Å². The van der Waals surface area contributed by atoms with Crippen LogP contribution in [0.1, 0.15) is 5.69 Å². The minimum Gasteiger partial charge on any atom is -0.309 e. The molecule has 0 unspecified atom stereocenters. The number of hydrogen-bond donors (Lipinski definition) is 1. The van der Waals surface area contributed by atoms with Crippen molar-refractivity contribution in [2.45, 2.75) is 13.5 Å². The summed E-state index contributed by atoms with van der Waals surface area (Å²) < 4.78 is 3.45. The van der Waals surface area contributed by atoms with Crippen LogP contribution in [0.25, 0.3) is 20.7 Å². The van der Waals surface area contributed by atoms with E-state index < -0.39 is 0 Å². The van der Waals surface area contributed by atoms with Gasteiger partial charge in [-0.05, 0) is 18.6 Å². The Labute approximate surface area is 158 Å². The fourth-order valence-electron chi connectivity index (χ4n) is 2.87. The minimum atomic E-state index is -0.305. The second-order valence-electron chi connectivity index (χ2n) is 6.21. The summed E-state index contributed by atoms with van der Waals surface area (Å²) in [6.07, 6.45) is 1.42. The van der Waals surface area contributed by atoms with E-state index in [0.29, 0.717) is 16.0 Å². The second-order valence-corrected chi connectivity index (χ2v) is 7.26. The van der Waals surface area contributed by atoms with Gasteiger partial charge in [0.15, 0.2) is 0 Å². The van der Waals surface area contributed by atoms with Crippen LogP contribution in [0.4, 0.5) is 5.82 Å². The number of nitrogens with zero attached hydrogens (tertiary/aromatic N) is 4. The van der Waals surface area contributed by atoms with E-state index in [0.717, 1.165) is 16.1 Å². The summed E-state index contributed by atoms with van der Waals surface area (Å²) in [5.41, 5.74) is 2.27. The Morgan fingerprint density at radius 2 is 2.00 bits per heavy atom. The quantitative estimate of drug-likeness (QED) is 0.591. The monoisotopic (exact) mass is 379 g/mol. The van der Waals surface area contributed by atoms with Crippen molar-refractivity contribution in [3.8, 4) is 10.4 Å². The third-order valence-corrected chi connectivity index (χ3v) is 5.31. The number of aromatic nitrogens is 4. The molecule has 136 valence electrons. The van der Waals surface area contributed by atoms with E-state index in [1.165, 1.54) is 22.2 Å². The van der Waals surface area contributed by atoms with E-state index in [1.807, 2.05) is 43.3 Å². The highest BCUT2D eigenvalue weighted by Crippen LogP contribution is 2.30. The lowest BCUT2D eigenvalue weighted by atomic mass is 10.2. The number of anilines is 1. The number of carbonyl (C=O) groups is 1. The molecule has 0 radical (unpaired) electrons. The van der Waals surface area contributed by atoms with E-state index in [1.54, 1.807) is 17.8 Å². The van der Waals surface area contributed by atoms with Crippen molar-refractivity contribution in [2.24, 2.45) is 7.05 Å². The number of aryl methyl sites for hydroxylation is 2. The molecule has 27 heavy (non-hydrogen) atoms. The highest BCUT2D eigenvalue weighted by Gasteiger charge is 2.13. The predicted molar refractivity (Wildman–Crippen MR) is 106 cm³/mol. The average molecular weight is 379 g/mol. The van der Waals surface area contributed by atoms with Crippen molar-refractivity contribution in [1.82, 2.24) is 19.3 Å². The number of rotatable bonds is 4. The molecule has 1 N–H and O–H groups in total. The van der Waals surface area contributed by atoms with Gasteiger partial charge in [0.05, 0.1) is 17.5 Å². The lowest BCUT2D eigenvalue weighted by Crippen LogP contribution is -2.28. The van der Waals surface area contributed by atoms with E-state index in [2.05, 4.69) is 15.4 Å². The topological polar surface area (TPSA) is 81.8 Å². The van der Waals surface area contributed by atoms with Crippen molar-refractivity contribution in [3.63, 3.8) is 0 Å². The maximum absolute atomic E-state index is 12.8. The van der Waals surface area contributed by atoms with Gasteiger partial charge in [-0.3, -0.25) is 18.8 Å². The minimum absolute atomic E-state index is 0.107. The van der Waals surface area contributed by atoms with Gasteiger partial charge in [0.2, 0.25) is 5.91 Å². The molecule has 4 rings (SSSR count). The van der Waals surface area contributed by atoms with E-state index in [9.17, 15) is 9.59 Å². The number of benzene rings is 1. The van der Waals surface area contributed by atoms with Gasteiger partial charge in [-0.2, -0.15) is 5.10 Å². The van der Waals surface area contributed by atoms with Crippen molar-refractivity contribution in [1.29, 1.82) is 0 Å². The number of carbonyl (C=O) groups excluding carboxylic acids is 1. The summed E-state index contributed by atoms with van der Waals surface area (Å²) in [7, 11) is 1.75. The second kappa shape index (κ2) is 6.81. The summed E-state index contributed by atoms with van der Waals surface area (Å²) in [6.45, 7) is 1.74. The first-order valence-electron chi connectivity index (χ1n) is 8.36. The molecule has 0 fully saturated rings. The number of fused-ring (bicyclic) bond motifs is 1. The van der Waals surface area contributed by atoms with Crippen LogP contribution in [0, 0.1) is 6.92 Å². The molecular formula is C19H17N5O2S. The Morgan fingerprint density at radius 3 is 2.70 bits per heavy atom. The Balaban J connectivity index is 1.61. The van der Waals surface area contributed by atoms with Crippen LogP contribution in [-0.2, 0) is 18.4 Å². The molecular weight excluding hydrogens is 362 g/mol. The summed E-state index contributed by atoms with van der Waals surface area (Å²) in [6, 6.07) is 13.5. The van der Waals surface area contributed by atoms with Crippen LogP contribution < -0.4 is 10.9 Å². The zero-order chi connectivity index (χ0) is 19.0. The van der Waals surface area contributed by atoms with Gasteiger partial charge in [-0.15, -0.1) is 11.3 Å². The number of hydrogen-bond acceptors (Lipinski definition) is 5. The fraction of sp³-hybridized carbons (Fsp3) is 0.158. The van der Waals surface area contributed by atoms with Gasteiger partial charge < -0.3 is 5.32 Å². The van der Waals surface area contributed by atoms with Crippen LogP contribution >= 0.6 is 11.3 Å². The van der Waals surface area contributed by atoms with Crippen LogP contribution in [0.3, 0.4) is 0 Å². The maximum atomic E-state index is 12.8. The fourth-order valence-corrected chi connectivity index (χ4v) is 3.93. The highest BCUT2D eigenvalue weighted by atomic mass is 32.1. The molecule has 3 aromatic heterocycles. The zero-order valence-electron chi connectivity index (χ0n) is 14.8. The van der Waals surface area contributed by atoms with E-state index >= 15 is 0 Å². The lowest BCUT2D eigenvalue weighted by molar-refractivity contribution is -0.116. The molecule has 0 aliphatic carbocycles. The summed E-state index contributed by atoms with van der Waals surface area (Å²) in [5.74, 6) is 0.281. The maximum Gasteiger partial charge on any atom is 0.271 e. The van der Waals surface area contributed by atoms with Gasteiger partial charge in [0.1, 0.15) is 17.1 Å². The van der Waals surface area contributed by atoms with Crippen molar-refractivity contribution in [3.05, 3.63) is 64.8 Å². The summed E-state index contributed by atoms with van der Waals surface area (Å²) in [5, 5.41) is 6.95. The Morgan fingerprint density at radius 1 is 1.22 bits per heavy atom. The molecule has 0 atom stereocenters. The van der Waals surface area contributed by atoms with Crippen molar-refractivity contribution < 1.29 is 4.79 Å². The first-order valence-corrected chi connectivity index (χ1v) is 9.18. The molecule has 0 saturated heterocycles. The summed E-state index contributed by atoms with van der Waals surface area (Å²) >= 11 is 1.39. The van der Waals surface area contributed by atoms with Gasteiger partial charge in [-0.25, -0.2) is 4.98 Å². The Kier molecular flexibility index (Phi) is 4.33. The third kappa shape index (κ3) is 3.39. The SMILES string of the molecule is Cc1cc(NC(=O)Cn2cnc3cc(-c4ccccc4)sc3c2=O)n(C)n1. The number of nitrogens with one attached hydrogen (secondary N) is 1. The van der Waals surface area contributed by atoms with Crippen molar-refractivity contribution in [2.75, 3.05) is 5.32 Å². The molecule has 0 aliphatic rings. The van der Waals surface area contributed by atoms with E-state index in [4.69, 9.17) is 0 Å².